The van der Waals surface area contributed by atoms with Crippen LogP contribution in [0.25, 0.3) is 0 Å². The number of hydrogen-bond acceptors (Lipinski definition) is 2. The maximum atomic E-state index is 4.46. The molecule has 0 amide bonds. The molecule has 0 aromatic carbocycles. The molecule has 1 atom stereocenters. The molecule has 0 radical (unpaired) electrons. The quantitative estimate of drug-likeness (QED) is 0.764. The Kier molecular flexibility index (Phi) is 5.64. The lowest BCUT2D eigenvalue weighted by Gasteiger charge is -2.22. The summed E-state index contributed by atoms with van der Waals surface area (Å²) >= 11 is 0. The Balaban J connectivity index is 1.94. The van der Waals surface area contributed by atoms with Gasteiger partial charge < -0.3 is 9.88 Å². The van der Waals surface area contributed by atoms with Crippen LogP contribution in [0.4, 0.5) is 0 Å². The normalized spacial score (nSPS) is 17.3. The summed E-state index contributed by atoms with van der Waals surface area (Å²) in [6.45, 7) is 3.33. The summed E-state index contributed by atoms with van der Waals surface area (Å²) in [4.78, 5) is 4.46. The Labute approximate surface area is 117 Å². The molecule has 0 fully saturated rings. The molecule has 0 aliphatic heterocycles. The number of aryl methyl sites for hydroxylation is 1. The van der Waals surface area contributed by atoms with Crippen LogP contribution in [0.5, 0.6) is 0 Å². The van der Waals surface area contributed by atoms with Gasteiger partial charge in [0.2, 0.25) is 0 Å². The largest absolute Gasteiger partial charge is 0.338 e. The van der Waals surface area contributed by atoms with Gasteiger partial charge in [0.25, 0.3) is 0 Å². The van der Waals surface area contributed by atoms with Crippen molar-refractivity contribution in [1.29, 1.82) is 0 Å². The van der Waals surface area contributed by atoms with Crippen molar-refractivity contribution >= 4 is 0 Å². The van der Waals surface area contributed by atoms with Crippen LogP contribution in [0.2, 0.25) is 0 Å². The Hall–Kier alpha value is -1.09. The predicted octanol–water partition coefficient (Wildman–Crippen LogP) is 3.22. The van der Waals surface area contributed by atoms with Crippen molar-refractivity contribution in [3.05, 3.63) is 29.9 Å². The van der Waals surface area contributed by atoms with Crippen molar-refractivity contribution in [3.63, 3.8) is 0 Å². The molecule has 1 aromatic rings. The van der Waals surface area contributed by atoms with Gasteiger partial charge in [-0.1, -0.05) is 18.6 Å². The molecule has 1 aliphatic rings. The minimum Gasteiger partial charge on any atom is -0.338 e. The van der Waals surface area contributed by atoms with Gasteiger partial charge in [-0.25, -0.2) is 4.98 Å². The molecule has 0 spiro atoms. The number of allylic oxidation sites excluding steroid dienone is 1. The number of aromatic nitrogens is 2. The number of nitrogens with one attached hydrogen (secondary N) is 1. The highest BCUT2D eigenvalue weighted by Crippen LogP contribution is 2.22. The number of imidazole rings is 1. The molecule has 1 N–H and O–H groups in total. The number of nitrogens with zero attached hydrogens (tertiary/aromatic N) is 2. The SMILES string of the molecule is CCCNC(CC1=CCCCC1)Cc1nccn1C. The van der Waals surface area contributed by atoms with Crippen LogP contribution in [0.3, 0.4) is 0 Å². The van der Waals surface area contributed by atoms with Gasteiger partial charge in [0.1, 0.15) is 5.82 Å². The molecule has 1 aromatic heterocycles. The van der Waals surface area contributed by atoms with Gasteiger partial charge in [0.05, 0.1) is 0 Å². The van der Waals surface area contributed by atoms with Crippen molar-refractivity contribution in [2.75, 3.05) is 6.54 Å². The maximum Gasteiger partial charge on any atom is 0.109 e. The first kappa shape index (κ1) is 14.3. The van der Waals surface area contributed by atoms with E-state index in [4.69, 9.17) is 0 Å². The lowest BCUT2D eigenvalue weighted by Crippen LogP contribution is -2.33. The van der Waals surface area contributed by atoms with Crippen LogP contribution < -0.4 is 5.32 Å². The van der Waals surface area contributed by atoms with Crippen molar-refractivity contribution < 1.29 is 0 Å². The van der Waals surface area contributed by atoms with E-state index < -0.39 is 0 Å². The second kappa shape index (κ2) is 7.49. The standard InChI is InChI=1S/C16H27N3/c1-3-9-17-15(12-14-7-5-4-6-8-14)13-16-18-10-11-19(16)2/h7,10-11,15,17H,3-6,8-9,12-13H2,1-2H3. The Bertz CT molecular complexity index is 406. The summed E-state index contributed by atoms with van der Waals surface area (Å²) in [5.74, 6) is 1.19. The van der Waals surface area contributed by atoms with E-state index in [2.05, 4.69) is 34.9 Å². The minimum atomic E-state index is 0.533. The van der Waals surface area contributed by atoms with E-state index in [1.807, 2.05) is 12.4 Å². The van der Waals surface area contributed by atoms with Gasteiger partial charge in [-0.05, 0) is 45.1 Å². The molecule has 1 unspecified atom stereocenters. The summed E-state index contributed by atoms with van der Waals surface area (Å²) in [5.41, 5.74) is 1.65. The fourth-order valence-corrected chi connectivity index (χ4v) is 2.79. The number of hydrogen-bond donors (Lipinski definition) is 1. The highest BCUT2D eigenvalue weighted by molar-refractivity contribution is 5.08. The van der Waals surface area contributed by atoms with Gasteiger partial charge in [-0.15, -0.1) is 0 Å². The highest BCUT2D eigenvalue weighted by atomic mass is 15.0. The Morgan fingerprint density at radius 1 is 1.37 bits per heavy atom. The number of rotatable bonds is 7. The molecule has 3 nitrogen and oxygen atoms in total. The molecule has 0 saturated carbocycles. The lowest BCUT2D eigenvalue weighted by molar-refractivity contribution is 0.477. The molecule has 2 rings (SSSR count). The Morgan fingerprint density at radius 2 is 2.26 bits per heavy atom. The van der Waals surface area contributed by atoms with Gasteiger partial charge in [0.15, 0.2) is 0 Å². The third-order valence-corrected chi connectivity index (χ3v) is 3.93. The molecular weight excluding hydrogens is 234 g/mol. The van der Waals surface area contributed by atoms with Crippen LogP contribution in [0.15, 0.2) is 24.0 Å². The maximum absolute atomic E-state index is 4.46. The van der Waals surface area contributed by atoms with E-state index in [0.29, 0.717) is 6.04 Å². The fraction of sp³-hybridized carbons (Fsp3) is 0.688. The first-order chi connectivity index (χ1) is 9.29. The topological polar surface area (TPSA) is 29.9 Å². The van der Waals surface area contributed by atoms with E-state index in [9.17, 15) is 0 Å². The lowest BCUT2D eigenvalue weighted by atomic mass is 9.93. The third kappa shape index (κ3) is 4.50. The van der Waals surface area contributed by atoms with Crippen LogP contribution in [0.1, 0.15) is 51.3 Å². The van der Waals surface area contributed by atoms with Gasteiger partial charge >= 0.3 is 0 Å². The highest BCUT2D eigenvalue weighted by Gasteiger charge is 2.15. The van der Waals surface area contributed by atoms with Crippen molar-refractivity contribution in [3.8, 4) is 0 Å². The van der Waals surface area contributed by atoms with Crippen LogP contribution in [0, 0.1) is 0 Å². The molecule has 106 valence electrons. The first-order valence-corrected chi connectivity index (χ1v) is 7.67. The first-order valence-electron chi connectivity index (χ1n) is 7.67. The van der Waals surface area contributed by atoms with Gasteiger partial charge in [0, 0.05) is 31.9 Å². The minimum absolute atomic E-state index is 0.533. The molecule has 1 heterocycles. The van der Waals surface area contributed by atoms with E-state index in [0.717, 1.165) is 13.0 Å². The van der Waals surface area contributed by atoms with Crippen molar-refractivity contribution in [2.45, 2.75) is 57.9 Å². The fourth-order valence-electron chi connectivity index (χ4n) is 2.79. The zero-order chi connectivity index (χ0) is 13.5. The predicted molar refractivity (Wildman–Crippen MR) is 80.2 cm³/mol. The Morgan fingerprint density at radius 3 is 2.89 bits per heavy atom. The summed E-state index contributed by atoms with van der Waals surface area (Å²) in [6, 6.07) is 0.533. The summed E-state index contributed by atoms with van der Waals surface area (Å²) in [7, 11) is 2.08. The molecule has 1 aliphatic carbocycles. The van der Waals surface area contributed by atoms with Crippen LogP contribution in [-0.4, -0.2) is 22.1 Å². The molecule has 0 bridgehead atoms. The smallest absolute Gasteiger partial charge is 0.109 e. The monoisotopic (exact) mass is 261 g/mol. The molecular formula is C16H27N3. The van der Waals surface area contributed by atoms with E-state index >= 15 is 0 Å². The average Bonchev–Trinajstić information content (AvgIpc) is 2.83. The van der Waals surface area contributed by atoms with Crippen molar-refractivity contribution in [1.82, 2.24) is 14.9 Å². The van der Waals surface area contributed by atoms with E-state index in [-0.39, 0.29) is 0 Å². The average molecular weight is 261 g/mol. The van der Waals surface area contributed by atoms with E-state index in [1.165, 1.54) is 44.3 Å². The molecule has 19 heavy (non-hydrogen) atoms. The second-order valence-electron chi connectivity index (χ2n) is 5.62. The molecule has 0 saturated heterocycles. The molecule has 3 heteroatoms. The summed E-state index contributed by atoms with van der Waals surface area (Å²) in [5, 5.41) is 3.69. The van der Waals surface area contributed by atoms with Crippen molar-refractivity contribution in [2.24, 2.45) is 7.05 Å². The van der Waals surface area contributed by atoms with E-state index in [1.54, 1.807) is 5.57 Å². The zero-order valence-corrected chi connectivity index (χ0v) is 12.4. The van der Waals surface area contributed by atoms with Crippen LogP contribution >= 0.6 is 0 Å². The van der Waals surface area contributed by atoms with Gasteiger partial charge in [-0.3, -0.25) is 0 Å². The third-order valence-electron chi connectivity index (χ3n) is 3.93. The summed E-state index contributed by atoms with van der Waals surface area (Å²) in [6.07, 6.45) is 15.1. The zero-order valence-electron chi connectivity index (χ0n) is 12.4. The summed E-state index contributed by atoms with van der Waals surface area (Å²) < 4.78 is 2.13. The second-order valence-corrected chi connectivity index (χ2v) is 5.62. The van der Waals surface area contributed by atoms with Gasteiger partial charge in [-0.2, -0.15) is 0 Å². The van der Waals surface area contributed by atoms with Crippen LogP contribution in [-0.2, 0) is 13.5 Å².